The number of benzene rings is 1. The van der Waals surface area contributed by atoms with Gasteiger partial charge < -0.3 is 15.0 Å². The predicted octanol–water partition coefficient (Wildman–Crippen LogP) is 1.30. The van der Waals surface area contributed by atoms with E-state index in [2.05, 4.69) is 25.0 Å². The Balaban J connectivity index is 1.69. The summed E-state index contributed by atoms with van der Waals surface area (Å²) in [5.74, 6) is -0.194. The zero-order chi connectivity index (χ0) is 14.5. The van der Waals surface area contributed by atoms with Gasteiger partial charge in [0.1, 0.15) is 0 Å². The number of para-hydroxylation sites is 1. The van der Waals surface area contributed by atoms with Gasteiger partial charge in [0, 0.05) is 25.3 Å². The van der Waals surface area contributed by atoms with E-state index in [0.717, 1.165) is 49.3 Å². The van der Waals surface area contributed by atoms with Crippen molar-refractivity contribution in [2.45, 2.75) is 6.54 Å². The molecule has 110 valence electrons. The monoisotopic (exact) mass is 304 g/mol. The van der Waals surface area contributed by atoms with Crippen molar-refractivity contribution >= 4 is 23.3 Å². The number of ether oxygens (including phenoxy) is 1. The van der Waals surface area contributed by atoms with Crippen molar-refractivity contribution in [3.63, 3.8) is 0 Å². The number of anilines is 1. The van der Waals surface area contributed by atoms with Crippen LogP contribution in [0.15, 0.2) is 30.5 Å². The molecule has 1 aromatic carbocycles. The summed E-state index contributed by atoms with van der Waals surface area (Å²) in [5, 5.41) is 2.89. The molecule has 1 amide bonds. The first kappa shape index (κ1) is 14.0. The highest BCUT2D eigenvalue weighted by atomic mass is 32.1. The van der Waals surface area contributed by atoms with Crippen molar-refractivity contribution in [2.75, 3.05) is 31.2 Å². The van der Waals surface area contributed by atoms with Crippen molar-refractivity contribution in [1.29, 1.82) is 0 Å². The number of rotatable bonds is 4. The number of hydrogen-bond acceptors (Lipinski definition) is 6. The number of nitrogens with one attached hydrogen (secondary N) is 1. The third-order valence-electron chi connectivity index (χ3n) is 3.38. The second kappa shape index (κ2) is 6.64. The van der Waals surface area contributed by atoms with E-state index in [1.54, 1.807) is 0 Å². The molecule has 7 heteroatoms. The molecule has 2 heterocycles. The normalized spacial score (nSPS) is 15.0. The van der Waals surface area contributed by atoms with Gasteiger partial charge in [-0.2, -0.15) is 8.75 Å². The second-order valence-corrected chi connectivity index (χ2v) is 5.26. The average molecular weight is 304 g/mol. The largest absolute Gasteiger partial charge is 0.378 e. The Kier molecular flexibility index (Phi) is 4.42. The van der Waals surface area contributed by atoms with Crippen molar-refractivity contribution in [3.05, 3.63) is 41.7 Å². The first-order valence-electron chi connectivity index (χ1n) is 6.81. The van der Waals surface area contributed by atoms with E-state index >= 15 is 0 Å². The summed E-state index contributed by atoms with van der Waals surface area (Å²) in [4.78, 5) is 14.2. The van der Waals surface area contributed by atoms with Crippen molar-refractivity contribution in [3.8, 4) is 0 Å². The van der Waals surface area contributed by atoms with Crippen molar-refractivity contribution < 1.29 is 9.53 Å². The maximum absolute atomic E-state index is 11.9. The molecule has 1 aliphatic rings. The highest BCUT2D eigenvalue weighted by Gasteiger charge is 2.15. The average Bonchev–Trinajstić information content (AvgIpc) is 3.08. The number of hydrogen-bond donors (Lipinski definition) is 1. The maximum Gasteiger partial charge on any atom is 0.272 e. The zero-order valence-corrected chi connectivity index (χ0v) is 12.3. The lowest BCUT2D eigenvalue weighted by molar-refractivity contribution is 0.0946. The Morgan fingerprint density at radius 1 is 1.33 bits per heavy atom. The van der Waals surface area contributed by atoms with Crippen LogP contribution in [0.3, 0.4) is 0 Å². The maximum atomic E-state index is 11.9. The molecule has 1 saturated heterocycles. The molecule has 21 heavy (non-hydrogen) atoms. The lowest BCUT2D eigenvalue weighted by Gasteiger charge is -2.30. The Labute approximate surface area is 127 Å². The van der Waals surface area contributed by atoms with Gasteiger partial charge in [-0.25, -0.2) is 0 Å². The number of aromatic nitrogens is 2. The molecule has 0 bridgehead atoms. The standard InChI is InChI=1S/C14H16N4O2S/c19-14(12-10-16-21-17-12)15-9-11-3-1-2-4-13(11)18-5-7-20-8-6-18/h1-4,10H,5-9H2,(H,15,19). The molecule has 0 unspecified atom stereocenters. The van der Waals surface area contributed by atoms with Crippen LogP contribution in [0.5, 0.6) is 0 Å². The van der Waals surface area contributed by atoms with Crippen molar-refractivity contribution in [2.24, 2.45) is 0 Å². The molecular weight excluding hydrogens is 288 g/mol. The fourth-order valence-corrected chi connectivity index (χ4v) is 2.72. The summed E-state index contributed by atoms with van der Waals surface area (Å²) in [6, 6.07) is 8.11. The van der Waals surface area contributed by atoms with Gasteiger partial charge in [-0.15, -0.1) is 0 Å². The third-order valence-corrected chi connectivity index (χ3v) is 3.85. The number of morpholine rings is 1. The summed E-state index contributed by atoms with van der Waals surface area (Å²) in [5.41, 5.74) is 2.61. The molecule has 1 aliphatic heterocycles. The molecule has 2 aromatic rings. The van der Waals surface area contributed by atoms with E-state index in [9.17, 15) is 4.79 Å². The van der Waals surface area contributed by atoms with Crippen molar-refractivity contribution in [1.82, 2.24) is 14.1 Å². The molecule has 0 saturated carbocycles. The lowest BCUT2D eigenvalue weighted by Crippen LogP contribution is -2.37. The van der Waals surface area contributed by atoms with Crippen LogP contribution in [0.1, 0.15) is 16.1 Å². The Bertz CT molecular complexity index is 597. The Morgan fingerprint density at radius 3 is 2.90 bits per heavy atom. The molecule has 1 aromatic heterocycles. The fourth-order valence-electron chi connectivity index (χ4n) is 2.30. The van der Waals surface area contributed by atoms with Gasteiger partial charge in [0.25, 0.3) is 5.91 Å². The number of carbonyl (C=O) groups excluding carboxylic acids is 1. The van der Waals surface area contributed by atoms with Gasteiger partial charge >= 0.3 is 0 Å². The summed E-state index contributed by atoms with van der Waals surface area (Å²) in [6.07, 6.45) is 1.48. The summed E-state index contributed by atoms with van der Waals surface area (Å²) in [7, 11) is 0. The number of carbonyl (C=O) groups is 1. The number of nitrogens with zero attached hydrogens (tertiary/aromatic N) is 3. The highest BCUT2D eigenvalue weighted by Crippen LogP contribution is 2.21. The van der Waals surface area contributed by atoms with Crippen LogP contribution < -0.4 is 10.2 Å². The molecule has 1 fully saturated rings. The highest BCUT2D eigenvalue weighted by molar-refractivity contribution is 6.99. The van der Waals surface area contributed by atoms with E-state index < -0.39 is 0 Å². The minimum atomic E-state index is -0.194. The van der Waals surface area contributed by atoms with E-state index in [4.69, 9.17) is 4.74 Å². The number of amides is 1. The Hall–Kier alpha value is -1.99. The summed E-state index contributed by atoms with van der Waals surface area (Å²) in [6.45, 7) is 3.71. The molecule has 0 radical (unpaired) electrons. The Morgan fingerprint density at radius 2 is 2.14 bits per heavy atom. The van der Waals surface area contributed by atoms with Crippen LogP contribution in [0, 0.1) is 0 Å². The predicted molar refractivity (Wildman–Crippen MR) is 80.6 cm³/mol. The second-order valence-electron chi connectivity index (χ2n) is 4.70. The topological polar surface area (TPSA) is 67.4 Å². The van der Waals surface area contributed by atoms with E-state index in [1.165, 1.54) is 6.20 Å². The van der Waals surface area contributed by atoms with Gasteiger partial charge in [0.05, 0.1) is 31.1 Å². The van der Waals surface area contributed by atoms with E-state index in [0.29, 0.717) is 12.2 Å². The van der Waals surface area contributed by atoms with Gasteiger partial charge in [0.2, 0.25) is 0 Å². The quantitative estimate of drug-likeness (QED) is 0.922. The summed E-state index contributed by atoms with van der Waals surface area (Å²) < 4.78 is 13.2. The smallest absolute Gasteiger partial charge is 0.272 e. The van der Waals surface area contributed by atoms with Crippen LogP contribution in [0.2, 0.25) is 0 Å². The molecule has 0 spiro atoms. The van der Waals surface area contributed by atoms with Crippen LogP contribution in [-0.2, 0) is 11.3 Å². The minimum absolute atomic E-state index is 0.194. The van der Waals surface area contributed by atoms with Gasteiger partial charge in [-0.3, -0.25) is 4.79 Å². The first-order valence-corrected chi connectivity index (χ1v) is 7.54. The van der Waals surface area contributed by atoms with Gasteiger partial charge in [0.15, 0.2) is 5.69 Å². The van der Waals surface area contributed by atoms with Crippen LogP contribution in [-0.4, -0.2) is 41.0 Å². The van der Waals surface area contributed by atoms with Gasteiger partial charge in [-0.05, 0) is 11.6 Å². The van der Waals surface area contributed by atoms with Crippen LogP contribution in [0.4, 0.5) is 5.69 Å². The van der Waals surface area contributed by atoms with Crippen LogP contribution >= 0.6 is 11.7 Å². The summed E-state index contributed by atoms with van der Waals surface area (Å²) >= 11 is 1.03. The zero-order valence-electron chi connectivity index (χ0n) is 11.5. The third kappa shape index (κ3) is 3.37. The van der Waals surface area contributed by atoms with Crippen LogP contribution in [0.25, 0.3) is 0 Å². The lowest BCUT2D eigenvalue weighted by atomic mass is 10.1. The molecule has 1 N–H and O–H groups in total. The molecule has 0 atom stereocenters. The van der Waals surface area contributed by atoms with E-state index in [-0.39, 0.29) is 5.91 Å². The molecule has 3 rings (SSSR count). The SMILES string of the molecule is O=C(NCc1ccccc1N1CCOCC1)c1cnsn1. The molecule has 6 nitrogen and oxygen atoms in total. The minimum Gasteiger partial charge on any atom is -0.378 e. The molecular formula is C14H16N4O2S. The fraction of sp³-hybridized carbons (Fsp3) is 0.357. The van der Waals surface area contributed by atoms with E-state index in [1.807, 2.05) is 18.2 Å². The molecule has 0 aliphatic carbocycles. The first-order chi connectivity index (χ1) is 10.3. The van der Waals surface area contributed by atoms with Gasteiger partial charge in [-0.1, -0.05) is 18.2 Å².